The van der Waals surface area contributed by atoms with Gasteiger partial charge in [-0.2, -0.15) is 0 Å². The first-order chi connectivity index (χ1) is 9.85. The average molecular weight is 313 g/mol. The molecule has 0 saturated carbocycles. The van der Waals surface area contributed by atoms with E-state index < -0.39 is 28.3 Å². The van der Waals surface area contributed by atoms with Crippen molar-refractivity contribution in [3.8, 4) is 0 Å². The van der Waals surface area contributed by atoms with E-state index in [1.807, 2.05) is 0 Å². The van der Waals surface area contributed by atoms with E-state index in [1.165, 1.54) is 25.1 Å². The minimum Gasteiger partial charge on any atom is -0.392 e. The molecule has 21 heavy (non-hydrogen) atoms. The molecule has 112 valence electrons. The van der Waals surface area contributed by atoms with Gasteiger partial charge in [-0.1, -0.05) is 18.2 Å². The highest BCUT2D eigenvalue weighted by Gasteiger charge is 2.21. The zero-order chi connectivity index (χ0) is 15.6. The fraction of sp³-hybridized carbons (Fsp3) is 0.143. The summed E-state index contributed by atoms with van der Waals surface area (Å²) in [7, 11) is -4.16. The Morgan fingerprint density at radius 1 is 1.19 bits per heavy atom. The van der Waals surface area contributed by atoms with E-state index in [0.717, 1.165) is 18.2 Å². The molecule has 0 bridgehead atoms. The van der Waals surface area contributed by atoms with Gasteiger partial charge in [-0.3, -0.25) is 4.72 Å². The molecule has 0 saturated heterocycles. The van der Waals surface area contributed by atoms with Crippen LogP contribution in [0, 0.1) is 18.6 Å². The SMILES string of the molecule is Cc1ccc(F)cc1S(=O)(=O)Nc1c(F)cccc1CO. The topological polar surface area (TPSA) is 66.4 Å². The molecule has 0 fully saturated rings. The van der Waals surface area contributed by atoms with Gasteiger partial charge in [0.2, 0.25) is 0 Å². The largest absolute Gasteiger partial charge is 0.392 e. The third-order valence-electron chi connectivity index (χ3n) is 2.95. The Morgan fingerprint density at radius 3 is 2.57 bits per heavy atom. The highest BCUT2D eigenvalue weighted by molar-refractivity contribution is 7.92. The second-order valence-electron chi connectivity index (χ2n) is 4.45. The Bertz CT molecular complexity index is 776. The summed E-state index contributed by atoms with van der Waals surface area (Å²) in [6, 6.07) is 7.12. The van der Waals surface area contributed by atoms with Crippen LogP contribution in [-0.2, 0) is 16.6 Å². The number of halogens is 2. The van der Waals surface area contributed by atoms with Crippen LogP contribution >= 0.6 is 0 Å². The number of aryl methyl sites for hydroxylation is 1. The smallest absolute Gasteiger partial charge is 0.262 e. The molecule has 0 spiro atoms. The first-order valence-corrected chi connectivity index (χ1v) is 7.50. The molecule has 0 radical (unpaired) electrons. The van der Waals surface area contributed by atoms with Crippen LogP contribution in [0.5, 0.6) is 0 Å². The fourth-order valence-corrected chi connectivity index (χ4v) is 3.23. The Labute approximate surface area is 121 Å². The van der Waals surface area contributed by atoms with E-state index in [4.69, 9.17) is 5.11 Å². The van der Waals surface area contributed by atoms with Gasteiger partial charge in [0.25, 0.3) is 10.0 Å². The molecular weight excluding hydrogens is 300 g/mol. The van der Waals surface area contributed by atoms with Crippen molar-refractivity contribution in [3.63, 3.8) is 0 Å². The predicted octanol–water partition coefficient (Wildman–Crippen LogP) is 2.57. The van der Waals surface area contributed by atoms with Gasteiger partial charge in [0.1, 0.15) is 11.6 Å². The molecule has 0 aliphatic heterocycles. The van der Waals surface area contributed by atoms with Crippen LogP contribution in [-0.4, -0.2) is 13.5 Å². The first kappa shape index (κ1) is 15.4. The fourth-order valence-electron chi connectivity index (χ4n) is 1.87. The number of aliphatic hydroxyl groups is 1. The van der Waals surface area contributed by atoms with E-state index in [9.17, 15) is 17.2 Å². The molecule has 0 atom stereocenters. The Kier molecular flexibility index (Phi) is 4.24. The molecule has 2 rings (SSSR count). The van der Waals surface area contributed by atoms with Crippen molar-refractivity contribution in [1.82, 2.24) is 0 Å². The standard InChI is InChI=1S/C14H13F2NO3S/c1-9-5-6-11(15)7-13(9)21(19,20)17-14-10(8-18)3-2-4-12(14)16/h2-7,17-18H,8H2,1H3. The summed E-state index contributed by atoms with van der Waals surface area (Å²) in [6.45, 7) is 0.972. The summed E-state index contributed by atoms with van der Waals surface area (Å²) in [4.78, 5) is -0.283. The van der Waals surface area contributed by atoms with Gasteiger partial charge >= 0.3 is 0 Å². The van der Waals surface area contributed by atoms with E-state index in [0.29, 0.717) is 5.56 Å². The van der Waals surface area contributed by atoms with Gasteiger partial charge in [0.15, 0.2) is 0 Å². The monoisotopic (exact) mass is 313 g/mol. The summed E-state index contributed by atoms with van der Waals surface area (Å²) in [5.41, 5.74) is 0.0714. The molecule has 0 aromatic heterocycles. The van der Waals surface area contributed by atoms with Gasteiger partial charge in [0.05, 0.1) is 17.2 Å². The maximum absolute atomic E-state index is 13.8. The highest BCUT2D eigenvalue weighted by atomic mass is 32.2. The molecule has 4 nitrogen and oxygen atoms in total. The first-order valence-electron chi connectivity index (χ1n) is 6.02. The molecule has 0 heterocycles. The van der Waals surface area contributed by atoms with Crippen LogP contribution in [0.2, 0.25) is 0 Å². The van der Waals surface area contributed by atoms with Crippen molar-refractivity contribution in [3.05, 3.63) is 59.2 Å². The maximum atomic E-state index is 13.8. The zero-order valence-corrected chi connectivity index (χ0v) is 11.9. The quantitative estimate of drug-likeness (QED) is 0.911. The van der Waals surface area contributed by atoms with Crippen LogP contribution in [0.4, 0.5) is 14.5 Å². The lowest BCUT2D eigenvalue weighted by atomic mass is 10.2. The van der Waals surface area contributed by atoms with Crippen molar-refractivity contribution in [1.29, 1.82) is 0 Å². The average Bonchev–Trinajstić information content (AvgIpc) is 2.43. The lowest BCUT2D eigenvalue weighted by Crippen LogP contribution is -2.17. The molecule has 0 aliphatic rings. The van der Waals surface area contributed by atoms with E-state index in [1.54, 1.807) is 0 Å². The van der Waals surface area contributed by atoms with E-state index in [2.05, 4.69) is 4.72 Å². The molecule has 0 unspecified atom stereocenters. The predicted molar refractivity (Wildman–Crippen MR) is 74.3 cm³/mol. The summed E-state index contributed by atoms with van der Waals surface area (Å²) in [5.74, 6) is -1.53. The Balaban J connectivity index is 2.50. The van der Waals surface area contributed by atoms with Gasteiger partial charge < -0.3 is 5.11 Å². The molecule has 0 amide bonds. The van der Waals surface area contributed by atoms with Crippen LogP contribution in [0.15, 0.2) is 41.3 Å². The summed E-state index contributed by atoms with van der Waals surface area (Å²) >= 11 is 0. The van der Waals surface area contributed by atoms with Crippen molar-refractivity contribution >= 4 is 15.7 Å². The summed E-state index contributed by atoms with van der Waals surface area (Å²) in [5, 5.41) is 9.15. The Hall–Kier alpha value is -1.99. The van der Waals surface area contributed by atoms with Gasteiger partial charge in [-0.15, -0.1) is 0 Å². The number of benzene rings is 2. The number of anilines is 1. The third kappa shape index (κ3) is 3.20. The number of hydrogen-bond acceptors (Lipinski definition) is 3. The summed E-state index contributed by atoms with van der Waals surface area (Å²) < 4.78 is 53.6. The van der Waals surface area contributed by atoms with Crippen LogP contribution in [0.3, 0.4) is 0 Å². The van der Waals surface area contributed by atoms with E-state index >= 15 is 0 Å². The molecule has 2 aromatic rings. The minimum absolute atomic E-state index is 0.0904. The summed E-state index contributed by atoms with van der Waals surface area (Å²) in [6.07, 6.45) is 0. The number of para-hydroxylation sites is 1. The molecule has 0 aliphatic carbocycles. The van der Waals surface area contributed by atoms with Crippen LogP contribution < -0.4 is 4.72 Å². The van der Waals surface area contributed by atoms with E-state index in [-0.39, 0.29) is 16.1 Å². The third-order valence-corrected chi connectivity index (χ3v) is 4.44. The van der Waals surface area contributed by atoms with Crippen molar-refractivity contribution in [2.24, 2.45) is 0 Å². The van der Waals surface area contributed by atoms with Gasteiger partial charge in [-0.05, 0) is 30.7 Å². The number of hydrogen-bond donors (Lipinski definition) is 2. The number of nitrogens with one attached hydrogen (secondary N) is 1. The number of rotatable bonds is 4. The second-order valence-corrected chi connectivity index (χ2v) is 6.10. The van der Waals surface area contributed by atoms with Crippen LogP contribution in [0.25, 0.3) is 0 Å². The molecule has 2 N–H and O–H groups in total. The zero-order valence-electron chi connectivity index (χ0n) is 11.1. The number of sulfonamides is 1. The normalized spacial score (nSPS) is 11.4. The van der Waals surface area contributed by atoms with Gasteiger partial charge in [0, 0.05) is 5.56 Å². The molecular formula is C14H13F2NO3S. The van der Waals surface area contributed by atoms with Crippen LogP contribution in [0.1, 0.15) is 11.1 Å². The minimum atomic E-state index is -4.16. The maximum Gasteiger partial charge on any atom is 0.262 e. The Morgan fingerprint density at radius 2 is 1.90 bits per heavy atom. The molecule has 7 heteroatoms. The highest BCUT2D eigenvalue weighted by Crippen LogP contribution is 2.25. The number of aliphatic hydroxyl groups excluding tert-OH is 1. The lowest BCUT2D eigenvalue weighted by Gasteiger charge is -2.13. The second kappa shape index (κ2) is 5.79. The molecule has 2 aromatic carbocycles. The lowest BCUT2D eigenvalue weighted by molar-refractivity contribution is 0.282. The van der Waals surface area contributed by atoms with Crippen molar-refractivity contribution in [2.75, 3.05) is 4.72 Å². The van der Waals surface area contributed by atoms with Crippen molar-refractivity contribution in [2.45, 2.75) is 18.4 Å². The van der Waals surface area contributed by atoms with Crippen molar-refractivity contribution < 1.29 is 22.3 Å². The van der Waals surface area contributed by atoms with Gasteiger partial charge in [-0.25, -0.2) is 17.2 Å².